The van der Waals surface area contributed by atoms with E-state index in [0.29, 0.717) is 11.3 Å². The maximum atomic E-state index is 9.77. The third kappa shape index (κ3) is 1.41. The van der Waals surface area contributed by atoms with Crippen molar-refractivity contribution in [2.45, 2.75) is 57.5 Å². The minimum atomic E-state index is 0.0629. The van der Waals surface area contributed by atoms with Crippen molar-refractivity contribution in [1.29, 1.82) is 0 Å². The van der Waals surface area contributed by atoms with E-state index in [4.69, 9.17) is 0 Å². The van der Waals surface area contributed by atoms with E-state index in [1.807, 2.05) is 0 Å². The fourth-order valence-corrected chi connectivity index (χ4v) is 3.39. The van der Waals surface area contributed by atoms with Gasteiger partial charge in [-0.25, -0.2) is 0 Å². The number of hydrogen-bond donors (Lipinski definition) is 1. The summed E-state index contributed by atoms with van der Waals surface area (Å²) in [4.78, 5) is 0. The summed E-state index contributed by atoms with van der Waals surface area (Å²) in [5, 5.41) is 9.77. The lowest BCUT2D eigenvalue weighted by Gasteiger charge is -2.25. The fraction of sp³-hybridized carbons (Fsp3) is 1.00. The maximum absolute atomic E-state index is 9.77. The minimum Gasteiger partial charge on any atom is -0.393 e. The van der Waals surface area contributed by atoms with E-state index in [9.17, 15) is 5.11 Å². The van der Waals surface area contributed by atoms with Crippen LogP contribution in [0.2, 0.25) is 0 Å². The van der Waals surface area contributed by atoms with Gasteiger partial charge in [-0.3, -0.25) is 0 Å². The molecular weight excluding hydrogens is 160 g/mol. The first-order valence-electron chi connectivity index (χ1n) is 5.98. The van der Waals surface area contributed by atoms with Gasteiger partial charge in [0.1, 0.15) is 0 Å². The van der Waals surface area contributed by atoms with Crippen molar-refractivity contribution in [3.05, 3.63) is 0 Å². The van der Waals surface area contributed by atoms with Crippen LogP contribution in [0.3, 0.4) is 0 Å². The molecule has 0 heterocycles. The highest BCUT2D eigenvalue weighted by molar-refractivity contribution is 5.08. The highest BCUT2D eigenvalue weighted by Crippen LogP contribution is 2.64. The van der Waals surface area contributed by atoms with Gasteiger partial charge < -0.3 is 5.11 Å². The van der Waals surface area contributed by atoms with Gasteiger partial charge in [0.15, 0.2) is 0 Å². The van der Waals surface area contributed by atoms with Crippen molar-refractivity contribution in [1.82, 2.24) is 0 Å². The summed E-state index contributed by atoms with van der Waals surface area (Å²) >= 11 is 0. The Balaban J connectivity index is 1.56. The number of fused-ring (bicyclic) bond motifs is 1. The predicted octanol–water partition coefficient (Wildman–Crippen LogP) is 2.73. The first-order valence-corrected chi connectivity index (χ1v) is 5.98. The van der Waals surface area contributed by atoms with Gasteiger partial charge >= 0.3 is 0 Å². The van der Waals surface area contributed by atoms with Gasteiger partial charge in [-0.1, -0.05) is 19.3 Å². The fourth-order valence-electron chi connectivity index (χ4n) is 3.39. The van der Waals surface area contributed by atoms with E-state index in [1.54, 1.807) is 0 Å². The summed E-state index contributed by atoms with van der Waals surface area (Å²) in [6, 6.07) is 0. The predicted molar refractivity (Wildman–Crippen MR) is 52.4 cm³/mol. The number of rotatable bonds is 3. The molecule has 3 rings (SSSR count). The smallest absolute Gasteiger partial charge is 0.0573 e. The molecular formula is C12H20O. The van der Waals surface area contributed by atoms with Crippen LogP contribution in [0.1, 0.15) is 51.4 Å². The Labute approximate surface area is 80.5 Å². The van der Waals surface area contributed by atoms with Crippen LogP contribution in [0, 0.1) is 17.3 Å². The summed E-state index contributed by atoms with van der Waals surface area (Å²) in [6.45, 7) is 0. The van der Waals surface area contributed by atoms with E-state index in [2.05, 4.69) is 0 Å². The largest absolute Gasteiger partial charge is 0.393 e. The molecule has 0 bridgehead atoms. The van der Waals surface area contributed by atoms with E-state index >= 15 is 0 Å². The zero-order chi connectivity index (χ0) is 8.89. The molecule has 0 saturated heterocycles. The highest BCUT2D eigenvalue weighted by atomic mass is 16.3. The monoisotopic (exact) mass is 180 g/mol. The molecule has 0 radical (unpaired) electrons. The van der Waals surface area contributed by atoms with Gasteiger partial charge in [0.2, 0.25) is 0 Å². The van der Waals surface area contributed by atoms with Gasteiger partial charge in [0.05, 0.1) is 6.10 Å². The lowest BCUT2D eigenvalue weighted by molar-refractivity contribution is 0.0893. The number of aliphatic hydroxyl groups is 1. The van der Waals surface area contributed by atoms with Gasteiger partial charge in [-0.05, 0) is 49.4 Å². The molecule has 0 spiro atoms. The van der Waals surface area contributed by atoms with Crippen molar-refractivity contribution in [2.75, 3.05) is 0 Å². The molecule has 0 unspecified atom stereocenters. The molecule has 3 aliphatic carbocycles. The van der Waals surface area contributed by atoms with Crippen molar-refractivity contribution >= 4 is 0 Å². The molecule has 13 heavy (non-hydrogen) atoms. The second kappa shape index (κ2) is 2.73. The molecule has 0 aromatic heterocycles. The van der Waals surface area contributed by atoms with Crippen LogP contribution in [0.25, 0.3) is 0 Å². The molecule has 3 fully saturated rings. The molecule has 1 nitrogen and oxygen atoms in total. The van der Waals surface area contributed by atoms with E-state index in [0.717, 1.165) is 12.3 Å². The van der Waals surface area contributed by atoms with E-state index < -0.39 is 0 Å². The Morgan fingerprint density at radius 3 is 2.85 bits per heavy atom. The third-order valence-electron chi connectivity index (χ3n) is 4.64. The average molecular weight is 180 g/mol. The molecule has 1 N–H and O–H groups in total. The summed E-state index contributed by atoms with van der Waals surface area (Å²) < 4.78 is 0. The average Bonchev–Trinajstić information content (AvgIpc) is 2.98. The van der Waals surface area contributed by atoms with Crippen LogP contribution in [-0.2, 0) is 0 Å². The molecule has 74 valence electrons. The van der Waals surface area contributed by atoms with Crippen molar-refractivity contribution in [2.24, 2.45) is 17.3 Å². The summed E-state index contributed by atoms with van der Waals surface area (Å²) in [7, 11) is 0. The Bertz CT molecular complexity index is 209. The van der Waals surface area contributed by atoms with Crippen LogP contribution in [0.5, 0.6) is 0 Å². The Morgan fingerprint density at radius 1 is 1.23 bits per heavy atom. The quantitative estimate of drug-likeness (QED) is 0.708. The molecule has 3 atom stereocenters. The molecule has 3 aliphatic rings. The summed E-state index contributed by atoms with van der Waals surface area (Å²) in [5.41, 5.74) is 0.639. The molecule has 0 aromatic rings. The Hall–Kier alpha value is -0.0400. The maximum Gasteiger partial charge on any atom is 0.0573 e. The van der Waals surface area contributed by atoms with Gasteiger partial charge in [-0.15, -0.1) is 0 Å². The van der Waals surface area contributed by atoms with Gasteiger partial charge in [0, 0.05) is 0 Å². The molecule has 0 aromatic carbocycles. The van der Waals surface area contributed by atoms with Crippen LogP contribution in [0.15, 0.2) is 0 Å². The third-order valence-corrected chi connectivity index (χ3v) is 4.64. The van der Waals surface area contributed by atoms with Crippen molar-refractivity contribution in [3.8, 4) is 0 Å². The van der Waals surface area contributed by atoms with Crippen LogP contribution < -0.4 is 0 Å². The molecule has 1 heteroatoms. The SMILES string of the molecule is O[C@@H]1CCC[C@]2(CCC3CC3)C[C@H]12. The first-order chi connectivity index (χ1) is 6.30. The van der Waals surface area contributed by atoms with Crippen molar-refractivity contribution < 1.29 is 5.11 Å². The van der Waals surface area contributed by atoms with Crippen LogP contribution in [0.4, 0.5) is 0 Å². The first kappa shape index (κ1) is 8.28. The Morgan fingerprint density at radius 2 is 2.08 bits per heavy atom. The minimum absolute atomic E-state index is 0.0629. The van der Waals surface area contributed by atoms with Crippen LogP contribution >= 0.6 is 0 Å². The molecule has 3 saturated carbocycles. The Kier molecular flexibility index (Phi) is 1.74. The lowest BCUT2D eigenvalue weighted by atomic mass is 9.83. The second-order valence-electron chi connectivity index (χ2n) is 5.61. The summed E-state index contributed by atoms with van der Waals surface area (Å²) in [5.74, 6) is 1.79. The van der Waals surface area contributed by atoms with Gasteiger partial charge in [-0.2, -0.15) is 0 Å². The number of hydrogen-bond acceptors (Lipinski definition) is 1. The molecule has 0 aliphatic heterocycles. The van der Waals surface area contributed by atoms with E-state index in [-0.39, 0.29) is 6.10 Å². The zero-order valence-electron chi connectivity index (χ0n) is 8.34. The lowest BCUT2D eigenvalue weighted by Crippen LogP contribution is -2.21. The number of aliphatic hydroxyl groups excluding tert-OH is 1. The topological polar surface area (TPSA) is 20.2 Å². The molecule has 0 amide bonds. The normalized spacial score (nSPS) is 48.7. The summed E-state index contributed by atoms with van der Waals surface area (Å²) in [6.07, 6.45) is 11.1. The van der Waals surface area contributed by atoms with Crippen molar-refractivity contribution in [3.63, 3.8) is 0 Å². The van der Waals surface area contributed by atoms with E-state index in [1.165, 1.54) is 44.9 Å². The second-order valence-corrected chi connectivity index (χ2v) is 5.61. The standard InChI is InChI=1S/C12H20O/c13-11-2-1-6-12(8-10(11)12)7-5-9-3-4-9/h9-11,13H,1-8H2/t10-,11-,12+/m1/s1. The zero-order valence-corrected chi connectivity index (χ0v) is 8.34. The highest BCUT2D eigenvalue weighted by Gasteiger charge is 2.58. The van der Waals surface area contributed by atoms with Gasteiger partial charge in [0.25, 0.3) is 0 Å². The van der Waals surface area contributed by atoms with Crippen LogP contribution in [-0.4, -0.2) is 11.2 Å².